The number of hydrogen-bond donors (Lipinski definition) is 1. The molecule has 4 nitrogen and oxygen atoms in total. The van der Waals surface area contributed by atoms with Gasteiger partial charge in [0.05, 0.1) is 5.92 Å². The SMILES string of the molecule is Cc1cccc(C(C)C)c1NC(=O)C1CC(=O)N(CCc2ccc(F)cc2)C1. The van der Waals surface area contributed by atoms with Crippen LogP contribution >= 0.6 is 0 Å². The Hall–Kier alpha value is -2.69. The zero-order valence-corrected chi connectivity index (χ0v) is 16.7. The molecule has 1 N–H and O–H groups in total. The van der Waals surface area contributed by atoms with Crippen molar-refractivity contribution in [3.8, 4) is 0 Å². The molecule has 3 rings (SSSR count). The zero-order valence-electron chi connectivity index (χ0n) is 16.7. The molecule has 1 atom stereocenters. The van der Waals surface area contributed by atoms with E-state index in [0.717, 1.165) is 22.4 Å². The highest BCUT2D eigenvalue weighted by Gasteiger charge is 2.34. The Balaban J connectivity index is 1.62. The Labute approximate surface area is 165 Å². The first-order valence-electron chi connectivity index (χ1n) is 9.77. The molecule has 0 bridgehead atoms. The Kier molecular flexibility index (Phi) is 6.12. The number of amides is 2. The van der Waals surface area contributed by atoms with Gasteiger partial charge in [0.2, 0.25) is 11.8 Å². The standard InChI is InChI=1S/C23H27FN2O2/c1-15(2)20-6-4-5-16(3)22(20)25-23(28)18-13-21(27)26(14-18)12-11-17-7-9-19(24)10-8-17/h4-10,15,18H,11-14H2,1-3H3,(H,25,28). The molecule has 0 spiro atoms. The van der Waals surface area contributed by atoms with E-state index in [1.54, 1.807) is 17.0 Å². The van der Waals surface area contributed by atoms with Crippen LogP contribution < -0.4 is 5.32 Å². The third-order valence-electron chi connectivity index (χ3n) is 5.34. The van der Waals surface area contributed by atoms with E-state index in [1.807, 2.05) is 25.1 Å². The maximum atomic E-state index is 13.0. The summed E-state index contributed by atoms with van der Waals surface area (Å²) in [6.45, 7) is 7.14. The van der Waals surface area contributed by atoms with Crippen LogP contribution in [0.5, 0.6) is 0 Å². The van der Waals surface area contributed by atoms with Crippen LogP contribution in [-0.4, -0.2) is 29.8 Å². The van der Waals surface area contributed by atoms with Gasteiger partial charge in [0.1, 0.15) is 5.82 Å². The maximum absolute atomic E-state index is 13.0. The molecule has 2 aromatic rings. The van der Waals surface area contributed by atoms with Gasteiger partial charge in [-0.3, -0.25) is 9.59 Å². The lowest BCUT2D eigenvalue weighted by Crippen LogP contribution is -2.30. The average molecular weight is 382 g/mol. The Bertz CT molecular complexity index is 861. The summed E-state index contributed by atoms with van der Waals surface area (Å²) in [4.78, 5) is 26.9. The summed E-state index contributed by atoms with van der Waals surface area (Å²) in [5, 5.41) is 3.06. The van der Waals surface area contributed by atoms with Gasteiger partial charge < -0.3 is 10.2 Å². The number of para-hydroxylation sites is 1. The predicted molar refractivity (Wildman–Crippen MR) is 109 cm³/mol. The van der Waals surface area contributed by atoms with Crippen molar-refractivity contribution >= 4 is 17.5 Å². The van der Waals surface area contributed by atoms with E-state index in [2.05, 4.69) is 19.2 Å². The van der Waals surface area contributed by atoms with Gasteiger partial charge in [-0.05, 0) is 48.1 Å². The molecule has 0 radical (unpaired) electrons. The Morgan fingerprint density at radius 3 is 2.61 bits per heavy atom. The molecule has 2 amide bonds. The van der Waals surface area contributed by atoms with Gasteiger partial charge in [-0.1, -0.05) is 44.2 Å². The second-order valence-corrected chi connectivity index (χ2v) is 7.80. The molecule has 28 heavy (non-hydrogen) atoms. The molecule has 1 saturated heterocycles. The van der Waals surface area contributed by atoms with E-state index in [1.165, 1.54) is 12.1 Å². The number of likely N-dealkylation sites (tertiary alicyclic amines) is 1. The second-order valence-electron chi connectivity index (χ2n) is 7.80. The molecule has 0 aromatic heterocycles. The fourth-order valence-corrected chi connectivity index (χ4v) is 3.65. The third kappa shape index (κ3) is 4.58. The molecule has 1 heterocycles. The van der Waals surface area contributed by atoms with Crippen LogP contribution in [0, 0.1) is 18.7 Å². The minimum Gasteiger partial charge on any atom is -0.342 e. The van der Waals surface area contributed by atoms with Crippen LogP contribution in [0.2, 0.25) is 0 Å². The van der Waals surface area contributed by atoms with Crippen molar-refractivity contribution in [1.82, 2.24) is 4.90 Å². The van der Waals surface area contributed by atoms with Crippen LogP contribution in [0.4, 0.5) is 10.1 Å². The highest BCUT2D eigenvalue weighted by Crippen LogP contribution is 2.29. The Morgan fingerprint density at radius 1 is 1.21 bits per heavy atom. The predicted octanol–water partition coefficient (Wildman–Crippen LogP) is 4.29. The summed E-state index contributed by atoms with van der Waals surface area (Å²) in [7, 11) is 0. The van der Waals surface area contributed by atoms with Gasteiger partial charge in [-0.25, -0.2) is 4.39 Å². The number of nitrogens with one attached hydrogen (secondary N) is 1. The van der Waals surface area contributed by atoms with E-state index in [9.17, 15) is 14.0 Å². The van der Waals surface area contributed by atoms with Gasteiger partial charge in [0, 0.05) is 25.2 Å². The summed E-state index contributed by atoms with van der Waals surface area (Å²) in [6, 6.07) is 12.3. The first-order valence-corrected chi connectivity index (χ1v) is 9.77. The van der Waals surface area contributed by atoms with Crippen LogP contribution in [0.15, 0.2) is 42.5 Å². The van der Waals surface area contributed by atoms with Gasteiger partial charge in [-0.2, -0.15) is 0 Å². The maximum Gasteiger partial charge on any atom is 0.229 e. The van der Waals surface area contributed by atoms with Gasteiger partial charge in [-0.15, -0.1) is 0 Å². The van der Waals surface area contributed by atoms with E-state index in [0.29, 0.717) is 25.4 Å². The molecular weight excluding hydrogens is 355 g/mol. The quantitative estimate of drug-likeness (QED) is 0.810. The van der Waals surface area contributed by atoms with Gasteiger partial charge in [0.15, 0.2) is 0 Å². The van der Waals surface area contributed by atoms with Crippen molar-refractivity contribution in [3.05, 3.63) is 65.0 Å². The number of aryl methyl sites for hydroxylation is 1. The first kappa shape index (κ1) is 20.1. The number of anilines is 1. The van der Waals surface area contributed by atoms with E-state index >= 15 is 0 Å². The number of rotatable bonds is 6. The highest BCUT2D eigenvalue weighted by atomic mass is 19.1. The van der Waals surface area contributed by atoms with Crippen molar-refractivity contribution in [2.24, 2.45) is 5.92 Å². The highest BCUT2D eigenvalue weighted by molar-refractivity contribution is 5.98. The first-order chi connectivity index (χ1) is 13.3. The minimum atomic E-state index is -0.347. The molecule has 0 aliphatic carbocycles. The van der Waals surface area contributed by atoms with Crippen LogP contribution in [-0.2, 0) is 16.0 Å². The van der Waals surface area contributed by atoms with Crippen molar-refractivity contribution in [2.75, 3.05) is 18.4 Å². The number of nitrogens with zero attached hydrogens (tertiary/aromatic N) is 1. The fourth-order valence-electron chi connectivity index (χ4n) is 3.65. The summed E-state index contributed by atoms with van der Waals surface area (Å²) in [5.74, 6) is -0.423. The average Bonchev–Trinajstić information content (AvgIpc) is 3.03. The number of halogens is 1. The van der Waals surface area contributed by atoms with Crippen molar-refractivity contribution in [3.63, 3.8) is 0 Å². The van der Waals surface area contributed by atoms with E-state index < -0.39 is 0 Å². The molecule has 148 valence electrons. The molecule has 0 saturated carbocycles. The fraction of sp³-hybridized carbons (Fsp3) is 0.391. The van der Waals surface area contributed by atoms with Crippen LogP contribution in [0.1, 0.15) is 42.9 Å². The number of benzene rings is 2. The normalized spacial score (nSPS) is 16.7. The summed E-state index contributed by atoms with van der Waals surface area (Å²) in [6.07, 6.45) is 0.883. The third-order valence-corrected chi connectivity index (χ3v) is 5.34. The van der Waals surface area contributed by atoms with E-state index in [-0.39, 0.29) is 30.0 Å². The summed E-state index contributed by atoms with van der Waals surface area (Å²) < 4.78 is 13.0. The van der Waals surface area contributed by atoms with Gasteiger partial charge >= 0.3 is 0 Å². The second kappa shape index (κ2) is 8.55. The van der Waals surface area contributed by atoms with Crippen molar-refractivity contribution < 1.29 is 14.0 Å². The Morgan fingerprint density at radius 2 is 1.93 bits per heavy atom. The molecular formula is C23H27FN2O2. The lowest BCUT2D eigenvalue weighted by molar-refractivity contribution is -0.128. The van der Waals surface area contributed by atoms with Crippen LogP contribution in [0.25, 0.3) is 0 Å². The van der Waals surface area contributed by atoms with Gasteiger partial charge in [0.25, 0.3) is 0 Å². The van der Waals surface area contributed by atoms with Crippen molar-refractivity contribution in [1.29, 1.82) is 0 Å². The molecule has 1 unspecified atom stereocenters. The molecule has 5 heteroatoms. The number of hydrogen-bond acceptors (Lipinski definition) is 2. The minimum absolute atomic E-state index is 0.00358. The smallest absolute Gasteiger partial charge is 0.229 e. The lowest BCUT2D eigenvalue weighted by Gasteiger charge is -2.19. The zero-order chi connectivity index (χ0) is 20.3. The largest absolute Gasteiger partial charge is 0.342 e. The molecule has 1 fully saturated rings. The number of carbonyl (C=O) groups is 2. The van der Waals surface area contributed by atoms with E-state index in [4.69, 9.17) is 0 Å². The monoisotopic (exact) mass is 382 g/mol. The molecule has 1 aliphatic heterocycles. The summed E-state index contributed by atoms with van der Waals surface area (Å²) >= 11 is 0. The number of carbonyl (C=O) groups excluding carboxylic acids is 2. The topological polar surface area (TPSA) is 49.4 Å². The lowest BCUT2D eigenvalue weighted by atomic mass is 9.97. The van der Waals surface area contributed by atoms with Crippen LogP contribution in [0.3, 0.4) is 0 Å². The summed E-state index contributed by atoms with van der Waals surface area (Å²) in [5.41, 5.74) is 3.96. The van der Waals surface area contributed by atoms with Crippen molar-refractivity contribution in [2.45, 2.75) is 39.5 Å². The molecule has 2 aromatic carbocycles. The molecule has 1 aliphatic rings.